The fraction of sp³-hybridized carbons (Fsp3) is 0.400. The van der Waals surface area contributed by atoms with Gasteiger partial charge in [-0.25, -0.2) is 0 Å². The van der Waals surface area contributed by atoms with Crippen molar-refractivity contribution in [2.75, 3.05) is 18.0 Å². The van der Waals surface area contributed by atoms with Crippen molar-refractivity contribution in [3.05, 3.63) is 24.3 Å². The molecule has 6 heteroatoms. The van der Waals surface area contributed by atoms with Gasteiger partial charge in [-0.05, 0) is 32.0 Å². The molecule has 0 heterocycles. The molecule has 0 aliphatic carbocycles. The molecule has 0 aliphatic heterocycles. The van der Waals surface area contributed by atoms with Crippen LogP contribution in [-0.4, -0.2) is 26.1 Å². The molecule has 0 amide bonds. The maximum atomic E-state index is 10.9. The quantitative estimate of drug-likeness (QED) is 0.546. The van der Waals surface area contributed by atoms with Crippen molar-refractivity contribution in [1.82, 2.24) is 0 Å². The molecule has 0 aliphatic rings. The van der Waals surface area contributed by atoms with Gasteiger partial charge in [0.2, 0.25) is 0 Å². The molecule has 0 atom stereocenters. The summed E-state index contributed by atoms with van der Waals surface area (Å²) in [5, 5.41) is 0. The molecule has 0 radical (unpaired) electrons. The van der Waals surface area contributed by atoms with Gasteiger partial charge in [-0.15, -0.1) is 0 Å². The summed E-state index contributed by atoms with van der Waals surface area (Å²) in [6.45, 7) is 5.57. The first-order valence-electron chi connectivity index (χ1n) is 4.81. The maximum Gasteiger partial charge on any atom is 1.00 e. The number of benzene rings is 1. The maximum absolute atomic E-state index is 10.9. The smallest absolute Gasteiger partial charge is 1.00 e. The van der Waals surface area contributed by atoms with Crippen molar-refractivity contribution >= 4 is 15.8 Å². The van der Waals surface area contributed by atoms with E-state index in [2.05, 4.69) is 0 Å². The van der Waals surface area contributed by atoms with Crippen molar-refractivity contribution in [2.45, 2.75) is 18.7 Å². The first-order chi connectivity index (χ1) is 6.99. The Bertz CT molecular complexity index is 435. The Morgan fingerprint density at radius 2 is 1.88 bits per heavy atom. The van der Waals surface area contributed by atoms with E-state index in [0.717, 1.165) is 18.8 Å². The minimum Gasteiger partial charge on any atom is -1.00 e. The minimum atomic E-state index is -4.10. The molecule has 1 N–H and O–H groups in total. The minimum absolute atomic E-state index is 0. The summed E-state index contributed by atoms with van der Waals surface area (Å²) in [6, 6.07) is 6.29. The normalized spacial score (nSPS) is 10.7. The Balaban J connectivity index is 0. The van der Waals surface area contributed by atoms with Gasteiger partial charge >= 0.3 is 29.6 Å². The molecule has 1 rings (SSSR count). The predicted octanol–water partition coefficient (Wildman–Crippen LogP) is -1.10. The zero-order chi connectivity index (χ0) is 11.5. The zero-order valence-electron chi connectivity index (χ0n) is 10.8. The summed E-state index contributed by atoms with van der Waals surface area (Å²) in [5.41, 5.74) is 0.801. The van der Waals surface area contributed by atoms with Crippen LogP contribution in [0.2, 0.25) is 0 Å². The molecule has 0 fully saturated rings. The van der Waals surface area contributed by atoms with Crippen LogP contribution in [0.3, 0.4) is 0 Å². The van der Waals surface area contributed by atoms with E-state index in [9.17, 15) is 8.42 Å². The van der Waals surface area contributed by atoms with Gasteiger partial charge in [0, 0.05) is 18.8 Å². The summed E-state index contributed by atoms with van der Waals surface area (Å²) in [7, 11) is -4.10. The van der Waals surface area contributed by atoms with Crippen LogP contribution < -0.4 is 34.5 Å². The molecule has 16 heavy (non-hydrogen) atoms. The second kappa shape index (κ2) is 6.61. The predicted molar refractivity (Wildman–Crippen MR) is 60.9 cm³/mol. The molecule has 4 nitrogen and oxygen atoms in total. The standard InChI is InChI=1S/C10H15NO3S.Na.H/c1-3-11(4-2)9-6-5-7-10(8-9)15(12,13)14;;/h5-8H,3-4H2,1-2H3,(H,12,13,14);;/q;+1;-1. The summed E-state index contributed by atoms with van der Waals surface area (Å²) in [5.74, 6) is 0. The Labute approximate surface area is 120 Å². The topological polar surface area (TPSA) is 57.6 Å². The number of nitrogens with zero attached hydrogens (tertiary/aromatic N) is 1. The number of hydrogen-bond acceptors (Lipinski definition) is 3. The number of rotatable bonds is 4. The molecule has 0 saturated carbocycles. The fourth-order valence-corrected chi connectivity index (χ4v) is 1.95. The summed E-state index contributed by atoms with van der Waals surface area (Å²) >= 11 is 0. The molecule has 0 aromatic heterocycles. The third kappa shape index (κ3) is 4.07. The molecule has 1 aromatic carbocycles. The molecule has 0 bridgehead atoms. The monoisotopic (exact) mass is 253 g/mol. The largest absolute Gasteiger partial charge is 1.00 e. The SMILES string of the molecule is CCN(CC)c1cccc(S(=O)(=O)O)c1.[H-].[Na+]. The van der Waals surface area contributed by atoms with Crippen molar-refractivity contribution in [2.24, 2.45) is 0 Å². The molecular weight excluding hydrogens is 237 g/mol. The van der Waals surface area contributed by atoms with Gasteiger partial charge in [0.25, 0.3) is 10.1 Å². The van der Waals surface area contributed by atoms with Gasteiger partial charge < -0.3 is 6.33 Å². The van der Waals surface area contributed by atoms with Crippen molar-refractivity contribution < 1.29 is 44.0 Å². The summed E-state index contributed by atoms with van der Waals surface area (Å²) < 4.78 is 30.7. The van der Waals surface area contributed by atoms with E-state index in [-0.39, 0.29) is 35.9 Å². The molecule has 0 saturated heterocycles. The summed E-state index contributed by atoms with van der Waals surface area (Å²) in [6.07, 6.45) is 0. The number of hydrogen-bond donors (Lipinski definition) is 1. The second-order valence-corrected chi connectivity index (χ2v) is 4.57. The molecular formula is C10H16NNaO3S. The van der Waals surface area contributed by atoms with E-state index >= 15 is 0 Å². The Kier molecular flexibility index (Phi) is 6.58. The Morgan fingerprint density at radius 3 is 2.31 bits per heavy atom. The van der Waals surface area contributed by atoms with Crippen LogP contribution in [0.1, 0.15) is 15.3 Å². The molecule has 0 unspecified atom stereocenters. The third-order valence-corrected chi connectivity index (χ3v) is 3.09. The Morgan fingerprint density at radius 1 is 1.31 bits per heavy atom. The van der Waals surface area contributed by atoms with Gasteiger partial charge in [0.05, 0.1) is 4.90 Å². The van der Waals surface area contributed by atoms with Crippen LogP contribution in [0.5, 0.6) is 0 Å². The molecule has 86 valence electrons. The molecule has 0 spiro atoms. The van der Waals surface area contributed by atoms with E-state index in [0.29, 0.717) is 0 Å². The van der Waals surface area contributed by atoms with E-state index < -0.39 is 10.1 Å². The average Bonchev–Trinajstić information content (AvgIpc) is 2.19. The van der Waals surface area contributed by atoms with Gasteiger partial charge in [-0.3, -0.25) is 4.55 Å². The second-order valence-electron chi connectivity index (χ2n) is 3.14. The Hall–Kier alpha value is -0.0700. The first-order valence-corrected chi connectivity index (χ1v) is 6.25. The van der Waals surface area contributed by atoms with Gasteiger partial charge in [0.1, 0.15) is 0 Å². The van der Waals surface area contributed by atoms with Crippen LogP contribution in [0.15, 0.2) is 29.2 Å². The number of anilines is 1. The van der Waals surface area contributed by atoms with E-state index in [1.165, 1.54) is 12.1 Å². The first kappa shape index (κ1) is 15.9. The van der Waals surface area contributed by atoms with Crippen LogP contribution in [-0.2, 0) is 10.1 Å². The van der Waals surface area contributed by atoms with Crippen LogP contribution >= 0.6 is 0 Å². The van der Waals surface area contributed by atoms with Crippen molar-refractivity contribution in [3.8, 4) is 0 Å². The van der Waals surface area contributed by atoms with Crippen molar-refractivity contribution in [1.29, 1.82) is 0 Å². The molecule has 1 aromatic rings. The van der Waals surface area contributed by atoms with Gasteiger partial charge in [-0.2, -0.15) is 8.42 Å². The average molecular weight is 253 g/mol. The van der Waals surface area contributed by atoms with E-state index in [1.54, 1.807) is 6.07 Å². The third-order valence-electron chi connectivity index (χ3n) is 2.24. The van der Waals surface area contributed by atoms with Crippen LogP contribution in [0.4, 0.5) is 5.69 Å². The summed E-state index contributed by atoms with van der Waals surface area (Å²) in [4.78, 5) is 1.95. The van der Waals surface area contributed by atoms with Crippen LogP contribution in [0, 0.1) is 0 Å². The van der Waals surface area contributed by atoms with Gasteiger partial charge in [0.15, 0.2) is 0 Å². The fourth-order valence-electron chi connectivity index (χ4n) is 1.43. The zero-order valence-corrected chi connectivity index (χ0v) is 12.7. The van der Waals surface area contributed by atoms with E-state index in [4.69, 9.17) is 4.55 Å². The van der Waals surface area contributed by atoms with Gasteiger partial charge in [-0.1, -0.05) is 6.07 Å². The van der Waals surface area contributed by atoms with Crippen LogP contribution in [0.25, 0.3) is 0 Å². The van der Waals surface area contributed by atoms with E-state index in [1.807, 2.05) is 24.8 Å². The van der Waals surface area contributed by atoms with Crippen molar-refractivity contribution in [3.63, 3.8) is 0 Å².